The smallest absolute Gasteiger partial charge is 0.324 e. The first-order chi connectivity index (χ1) is 8.11. The van der Waals surface area contributed by atoms with Crippen LogP contribution in [0.25, 0.3) is 0 Å². The summed E-state index contributed by atoms with van der Waals surface area (Å²) in [6.45, 7) is 0. The SMILES string of the molecule is COc1ccc(CC2NC(=O)N(C)C2=O)cc1. The van der Waals surface area contributed by atoms with Crippen molar-refractivity contribution in [1.82, 2.24) is 10.2 Å². The Morgan fingerprint density at radius 1 is 1.29 bits per heavy atom. The molecule has 90 valence electrons. The summed E-state index contributed by atoms with van der Waals surface area (Å²) in [6.07, 6.45) is 0.499. The highest BCUT2D eigenvalue weighted by molar-refractivity contribution is 6.03. The molecule has 17 heavy (non-hydrogen) atoms. The summed E-state index contributed by atoms with van der Waals surface area (Å²) < 4.78 is 5.05. The van der Waals surface area contributed by atoms with Crippen molar-refractivity contribution in [3.05, 3.63) is 29.8 Å². The van der Waals surface area contributed by atoms with E-state index in [1.165, 1.54) is 7.05 Å². The van der Waals surface area contributed by atoms with Gasteiger partial charge in [0.1, 0.15) is 11.8 Å². The summed E-state index contributed by atoms with van der Waals surface area (Å²) in [6, 6.07) is 6.64. The zero-order chi connectivity index (χ0) is 12.4. The number of amides is 3. The van der Waals surface area contributed by atoms with E-state index in [2.05, 4.69) is 5.32 Å². The molecule has 0 spiro atoms. The van der Waals surface area contributed by atoms with E-state index in [1.807, 2.05) is 24.3 Å². The van der Waals surface area contributed by atoms with Crippen LogP contribution in [0, 0.1) is 0 Å². The van der Waals surface area contributed by atoms with Crippen LogP contribution in [0.5, 0.6) is 5.75 Å². The first-order valence-corrected chi connectivity index (χ1v) is 5.33. The van der Waals surface area contributed by atoms with Gasteiger partial charge in [-0.2, -0.15) is 0 Å². The number of benzene rings is 1. The summed E-state index contributed by atoms with van der Waals surface area (Å²) in [4.78, 5) is 24.0. The number of hydrogen-bond donors (Lipinski definition) is 1. The first kappa shape index (κ1) is 11.4. The number of hydrogen-bond acceptors (Lipinski definition) is 3. The van der Waals surface area contributed by atoms with Gasteiger partial charge in [-0.05, 0) is 17.7 Å². The van der Waals surface area contributed by atoms with E-state index in [-0.39, 0.29) is 11.9 Å². The number of ether oxygens (including phenoxy) is 1. The highest BCUT2D eigenvalue weighted by atomic mass is 16.5. The third-order valence-electron chi connectivity index (χ3n) is 2.83. The summed E-state index contributed by atoms with van der Waals surface area (Å²) in [5, 5.41) is 2.64. The number of nitrogens with zero attached hydrogens (tertiary/aromatic N) is 1. The summed E-state index contributed by atoms with van der Waals surface area (Å²) >= 11 is 0. The predicted octanol–water partition coefficient (Wildman–Crippen LogP) is 0.788. The van der Waals surface area contributed by atoms with E-state index in [1.54, 1.807) is 7.11 Å². The van der Waals surface area contributed by atoms with Crippen molar-refractivity contribution < 1.29 is 14.3 Å². The molecule has 1 atom stereocenters. The molecular formula is C12H14N2O3. The lowest BCUT2D eigenvalue weighted by atomic mass is 10.1. The lowest BCUT2D eigenvalue weighted by Gasteiger charge is -2.08. The molecular weight excluding hydrogens is 220 g/mol. The van der Waals surface area contributed by atoms with E-state index in [9.17, 15) is 9.59 Å². The van der Waals surface area contributed by atoms with E-state index >= 15 is 0 Å². The monoisotopic (exact) mass is 234 g/mol. The van der Waals surface area contributed by atoms with Crippen molar-refractivity contribution >= 4 is 11.9 Å². The summed E-state index contributed by atoms with van der Waals surface area (Å²) in [7, 11) is 3.08. The summed E-state index contributed by atoms with van der Waals surface area (Å²) in [5.41, 5.74) is 0.986. The van der Waals surface area contributed by atoms with Crippen LogP contribution in [0.3, 0.4) is 0 Å². The van der Waals surface area contributed by atoms with E-state index in [4.69, 9.17) is 4.74 Å². The molecule has 5 heteroatoms. The van der Waals surface area contributed by atoms with Gasteiger partial charge in [0, 0.05) is 13.5 Å². The van der Waals surface area contributed by atoms with Crippen molar-refractivity contribution in [2.45, 2.75) is 12.5 Å². The molecule has 0 radical (unpaired) electrons. The highest BCUT2D eigenvalue weighted by Gasteiger charge is 2.34. The number of carbonyl (C=O) groups is 2. The molecule has 3 amide bonds. The van der Waals surface area contributed by atoms with Crippen LogP contribution in [-0.2, 0) is 11.2 Å². The topological polar surface area (TPSA) is 58.6 Å². The van der Waals surface area contributed by atoms with Crippen molar-refractivity contribution in [2.24, 2.45) is 0 Å². The number of imide groups is 1. The van der Waals surface area contributed by atoms with Crippen LogP contribution in [0.4, 0.5) is 4.79 Å². The Labute approximate surface area is 99.4 Å². The van der Waals surface area contributed by atoms with Crippen LogP contribution in [0.1, 0.15) is 5.56 Å². The second-order valence-electron chi connectivity index (χ2n) is 3.95. The fourth-order valence-corrected chi connectivity index (χ4v) is 1.78. The average molecular weight is 234 g/mol. The number of urea groups is 1. The van der Waals surface area contributed by atoms with Crippen molar-refractivity contribution in [3.63, 3.8) is 0 Å². The molecule has 1 aromatic carbocycles. The van der Waals surface area contributed by atoms with Gasteiger partial charge in [-0.25, -0.2) is 4.79 Å². The molecule has 0 aromatic heterocycles. The number of methoxy groups -OCH3 is 1. The van der Waals surface area contributed by atoms with Gasteiger partial charge < -0.3 is 10.1 Å². The lowest BCUT2D eigenvalue weighted by molar-refractivity contribution is -0.126. The third-order valence-corrected chi connectivity index (χ3v) is 2.83. The predicted molar refractivity (Wildman–Crippen MR) is 61.8 cm³/mol. The molecule has 1 unspecified atom stereocenters. The molecule has 1 heterocycles. The number of likely N-dealkylation sites (N-methyl/N-ethyl adjacent to an activating group) is 1. The van der Waals surface area contributed by atoms with E-state index < -0.39 is 6.04 Å². The van der Waals surface area contributed by atoms with Crippen molar-refractivity contribution in [3.8, 4) is 5.75 Å². The Morgan fingerprint density at radius 3 is 2.41 bits per heavy atom. The normalized spacial score (nSPS) is 19.4. The maximum atomic E-state index is 11.7. The summed E-state index contributed by atoms with van der Waals surface area (Å²) in [5.74, 6) is 0.582. The van der Waals surface area contributed by atoms with Crippen LogP contribution in [0.15, 0.2) is 24.3 Å². The van der Waals surface area contributed by atoms with Gasteiger partial charge in [0.25, 0.3) is 5.91 Å². The second kappa shape index (κ2) is 4.45. The molecule has 1 saturated heterocycles. The van der Waals surface area contributed by atoms with Gasteiger partial charge in [0.15, 0.2) is 0 Å². The fourth-order valence-electron chi connectivity index (χ4n) is 1.78. The molecule has 1 aliphatic rings. The third kappa shape index (κ3) is 2.22. The van der Waals surface area contributed by atoms with Crippen LogP contribution < -0.4 is 10.1 Å². The Hall–Kier alpha value is -2.04. The quantitative estimate of drug-likeness (QED) is 0.786. The minimum atomic E-state index is -0.458. The number of rotatable bonds is 3. The van der Waals surface area contributed by atoms with Gasteiger partial charge in [-0.1, -0.05) is 12.1 Å². The molecule has 0 aliphatic carbocycles. The van der Waals surface area contributed by atoms with Gasteiger partial charge in [0.2, 0.25) is 0 Å². The van der Waals surface area contributed by atoms with Gasteiger partial charge >= 0.3 is 6.03 Å². The van der Waals surface area contributed by atoms with Crippen LogP contribution in [0.2, 0.25) is 0 Å². The minimum absolute atomic E-state index is 0.189. The Balaban J connectivity index is 2.06. The van der Waals surface area contributed by atoms with Crippen molar-refractivity contribution in [1.29, 1.82) is 0 Å². The fraction of sp³-hybridized carbons (Fsp3) is 0.333. The van der Waals surface area contributed by atoms with E-state index in [0.29, 0.717) is 6.42 Å². The molecule has 1 N–H and O–H groups in total. The Kier molecular flexibility index (Phi) is 2.99. The minimum Gasteiger partial charge on any atom is -0.497 e. The largest absolute Gasteiger partial charge is 0.497 e. The molecule has 1 aliphatic heterocycles. The molecule has 0 saturated carbocycles. The Morgan fingerprint density at radius 2 is 1.94 bits per heavy atom. The zero-order valence-electron chi connectivity index (χ0n) is 9.77. The van der Waals surface area contributed by atoms with Crippen LogP contribution in [-0.4, -0.2) is 37.0 Å². The average Bonchev–Trinajstić information content (AvgIpc) is 2.58. The standard InChI is InChI=1S/C12H14N2O3/c1-14-11(15)10(13-12(14)16)7-8-3-5-9(17-2)6-4-8/h3-6,10H,7H2,1-2H3,(H,13,16). The van der Waals surface area contributed by atoms with Gasteiger partial charge in [-0.15, -0.1) is 0 Å². The molecule has 2 rings (SSSR count). The maximum absolute atomic E-state index is 11.7. The molecule has 1 fully saturated rings. The highest BCUT2D eigenvalue weighted by Crippen LogP contribution is 2.15. The number of carbonyl (C=O) groups excluding carboxylic acids is 2. The molecule has 5 nitrogen and oxygen atoms in total. The maximum Gasteiger partial charge on any atom is 0.324 e. The van der Waals surface area contributed by atoms with E-state index in [0.717, 1.165) is 16.2 Å². The lowest BCUT2D eigenvalue weighted by Crippen LogP contribution is -2.31. The second-order valence-corrected chi connectivity index (χ2v) is 3.95. The zero-order valence-corrected chi connectivity index (χ0v) is 9.77. The molecule has 0 bridgehead atoms. The first-order valence-electron chi connectivity index (χ1n) is 5.33. The van der Waals surface area contributed by atoms with Gasteiger partial charge in [0.05, 0.1) is 7.11 Å². The van der Waals surface area contributed by atoms with Gasteiger partial charge in [-0.3, -0.25) is 9.69 Å². The van der Waals surface area contributed by atoms with Crippen molar-refractivity contribution in [2.75, 3.05) is 14.2 Å². The number of nitrogens with one attached hydrogen (secondary N) is 1. The van der Waals surface area contributed by atoms with Crippen LogP contribution >= 0.6 is 0 Å². The Bertz CT molecular complexity index is 442. The molecule has 1 aromatic rings.